The quantitative estimate of drug-likeness (QED) is 0.0818. The van der Waals surface area contributed by atoms with Gasteiger partial charge in [-0.3, -0.25) is 23.6 Å². The molecule has 0 radical (unpaired) electrons. The van der Waals surface area contributed by atoms with Crippen LogP contribution in [0, 0.1) is 68.1 Å². The number of para-hydroxylation sites is 4. The third kappa shape index (κ3) is 18.5. The highest BCUT2D eigenvalue weighted by molar-refractivity contribution is 5.94. The number of pyridine rings is 1. The molecule has 12 heterocycles. The number of hydrogen-bond acceptors (Lipinski definition) is 15. The first-order valence-corrected chi connectivity index (χ1v) is 40.5. The number of alkyl halides is 12. The normalized spacial score (nSPS) is 23.4. The van der Waals surface area contributed by atoms with Gasteiger partial charge in [-0.15, -0.1) is 62.3 Å². The summed E-state index contributed by atoms with van der Waals surface area (Å²) >= 11 is 0. The molecule has 8 aliphatic rings. The van der Waals surface area contributed by atoms with E-state index in [4.69, 9.17) is 0 Å². The van der Waals surface area contributed by atoms with Gasteiger partial charge in [0, 0.05) is 95.7 Å². The monoisotopic (exact) mass is 1710 g/mol. The fraction of sp³-hybridized carbons (Fsp3) is 0.402. The first-order valence-electron chi connectivity index (χ1n) is 40.5. The molecule has 20 rings (SSSR count). The lowest BCUT2D eigenvalue weighted by atomic mass is 9.95. The van der Waals surface area contributed by atoms with Gasteiger partial charge in [-0.2, -0.15) is 4.98 Å². The fourth-order valence-corrected chi connectivity index (χ4v) is 19.8. The number of benzene rings is 4. The Morgan fingerprint density at radius 3 is 1.19 bits per heavy atom. The minimum absolute atomic E-state index is 0.000438. The second-order valence-corrected chi connectivity index (χ2v) is 33.3. The molecule has 0 spiro atoms. The third-order valence-corrected chi connectivity index (χ3v) is 25.0. The average molecular weight is 1710 g/mol. The number of likely N-dealkylation sites (tertiary alicyclic amines) is 4. The zero-order valence-electron chi connectivity index (χ0n) is 66.5. The maximum Gasteiger partial charge on any atom is 0.573 e. The lowest BCUT2D eigenvalue weighted by Gasteiger charge is -2.20. The van der Waals surface area contributed by atoms with E-state index in [1.54, 1.807) is 146 Å². The van der Waals surface area contributed by atoms with Crippen molar-refractivity contribution in [3.05, 3.63) is 245 Å². The van der Waals surface area contributed by atoms with Crippen LogP contribution in [0.25, 0.3) is 17.2 Å². The minimum Gasteiger partial charge on any atom is -0.405 e. The Labute approximate surface area is 695 Å². The Morgan fingerprint density at radius 1 is 0.382 bits per heavy atom. The molecule has 12 aromatic rings. The maximum atomic E-state index is 13.0. The Morgan fingerprint density at radius 2 is 0.772 bits per heavy atom. The number of ether oxygens (including phenoxy) is 4. The Bertz CT molecular complexity index is 5430. The van der Waals surface area contributed by atoms with Crippen molar-refractivity contribution in [1.82, 2.24) is 72.7 Å². The van der Waals surface area contributed by atoms with E-state index in [9.17, 15) is 71.9 Å². The summed E-state index contributed by atoms with van der Waals surface area (Å²) < 4.78 is 178. The number of hydrogen-bond donors (Lipinski definition) is 0. The minimum atomic E-state index is -4.72. The first-order chi connectivity index (χ1) is 58.7. The van der Waals surface area contributed by atoms with E-state index in [0.717, 1.165) is 60.9 Å². The molecule has 4 amide bonds. The highest BCUT2D eigenvalue weighted by Gasteiger charge is 2.50. The van der Waals surface area contributed by atoms with Crippen molar-refractivity contribution in [1.29, 1.82) is 0 Å². The van der Waals surface area contributed by atoms with Crippen molar-refractivity contribution in [3.8, 4) is 23.0 Å². The molecular formula is C87H83F12N16O8+. The molecule has 4 saturated carbocycles. The zero-order valence-corrected chi connectivity index (χ0v) is 66.5. The number of imidazole rings is 2. The molecule has 642 valence electrons. The second-order valence-electron chi connectivity index (χ2n) is 33.3. The predicted molar refractivity (Wildman–Crippen MR) is 416 cm³/mol. The van der Waals surface area contributed by atoms with E-state index in [-0.39, 0.29) is 123 Å². The largest absolute Gasteiger partial charge is 0.573 e. The van der Waals surface area contributed by atoms with Crippen LogP contribution in [0.15, 0.2) is 183 Å². The zero-order chi connectivity index (χ0) is 86.1. The summed E-state index contributed by atoms with van der Waals surface area (Å²) in [6.07, 6.45) is 4.58. The standard InChI is InChI=1S/C23H22F3N3O2.C22H22F3N4O2.C21H20F3N5O2.C21H19F3N4O2/c1-14-6-7-28-13-19(27-21(28)8-14)22(30)29-11-16-9-15(10-17(16)12-29)18-4-2-3-5-20(18)31-23(24,25)26;1-14-6-7-28-13-19(26-29(28)10-14)21(30)27-11-16-8-15(9-17(16)12-27)18-4-2-3-5-20(18)31-22(23,24)25;1-12-8-25-20-26-18(27-29(20)9-12)19(30)28-10-14-6-13(7-15(14)11-28)16-4-2-3-5-17(16)31-21(22,23)24;22-21(23,24)30-18-5-2-1-4-16(18)13-8-14-10-28(11-15(14)9-13)19(29)17-12-27-7-3-6-25-20(27)26-17/h2-8,13,15-17H,9-12H2,1H3;2-7,10,13,15-17H,8-9,11-12H2,1H3;2-5,8-9,13-15H,6-7,10-11H2,1H3;1-7,12-15H,8-11H2/q;+1;;/t2*15?,16-,17+;2*13?,14-,15+. The molecule has 24 nitrogen and oxygen atoms in total. The number of carbonyl (C=O) groups is 4. The van der Waals surface area contributed by atoms with Crippen LogP contribution >= 0.6 is 0 Å². The molecule has 4 aromatic carbocycles. The van der Waals surface area contributed by atoms with Gasteiger partial charge in [-0.05, 0) is 235 Å². The van der Waals surface area contributed by atoms with Crippen molar-refractivity contribution in [3.63, 3.8) is 0 Å². The van der Waals surface area contributed by atoms with Crippen molar-refractivity contribution < 1.29 is 95.3 Å². The van der Waals surface area contributed by atoms with Crippen LogP contribution < -0.4 is 23.5 Å². The fourth-order valence-electron chi connectivity index (χ4n) is 19.8. The van der Waals surface area contributed by atoms with Crippen LogP contribution in [0.4, 0.5) is 52.7 Å². The number of carbonyl (C=O) groups excluding carboxylic acids is 4. The molecule has 123 heavy (non-hydrogen) atoms. The third-order valence-electron chi connectivity index (χ3n) is 25.0. The summed E-state index contributed by atoms with van der Waals surface area (Å²) in [6.45, 7) is 10.5. The molecule has 4 saturated heterocycles. The lowest BCUT2D eigenvalue weighted by molar-refractivity contribution is -0.622. The molecular weight excluding hydrogens is 1630 g/mol. The van der Waals surface area contributed by atoms with E-state index in [1.165, 1.54) is 28.8 Å². The molecule has 4 unspecified atom stereocenters. The van der Waals surface area contributed by atoms with Gasteiger partial charge in [-0.25, -0.2) is 24.5 Å². The predicted octanol–water partition coefficient (Wildman–Crippen LogP) is 15.7. The first kappa shape index (κ1) is 82.9. The van der Waals surface area contributed by atoms with E-state index in [2.05, 4.69) is 54.1 Å². The SMILES string of the molecule is Cc1cc[n+]2cc(C(=O)N3C[C@H]4CC(c5ccccc5OC(F)(F)F)C[C@H]4C3)nn2c1.Cc1ccn2cc(C(=O)N3C[C@H]4CC(c5ccccc5OC(F)(F)F)C[C@H]4C3)nc2c1.Cc1cnc2nc(C(=O)N3C[C@H]4CC(c5ccccc5OC(F)(F)F)C[C@H]4C3)nn2c1.O=C(c1cn2cccnc2n1)N1C[C@H]2CC(c3ccccc3OC(F)(F)F)C[C@H]2C1. The summed E-state index contributed by atoms with van der Waals surface area (Å²) in [5.41, 5.74) is 7.30. The average Bonchev–Trinajstić information content (AvgIpc) is 1.60. The van der Waals surface area contributed by atoms with Crippen LogP contribution in [0.3, 0.4) is 0 Å². The van der Waals surface area contributed by atoms with Gasteiger partial charge in [0.1, 0.15) is 46.2 Å². The molecule has 12 atom stereocenters. The van der Waals surface area contributed by atoms with Crippen molar-refractivity contribution in [2.24, 2.45) is 47.3 Å². The van der Waals surface area contributed by atoms with Gasteiger partial charge in [0.15, 0.2) is 6.20 Å². The Hall–Kier alpha value is -12.4. The molecule has 8 aromatic heterocycles. The highest BCUT2D eigenvalue weighted by Crippen LogP contribution is 2.54. The summed E-state index contributed by atoms with van der Waals surface area (Å²) in [4.78, 5) is 80.3. The van der Waals surface area contributed by atoms with Gasteiger partial charge < -0.3 is 42.9 Å². The molecule has 4 aliphatic heterocycles. The number of nitrogens with zero attached hydrogens (tertiary/aromatic N) is 16. The van der Waals surface area contributed by atoms with E-state index in [0.29, 0.717) is 116 Å². The Kier molecular flexibility index (Phi) is 22.3. The smallest absolute Gasteiger partial charge is 0.405 e. The van der Waals surface area contributed by atoms with E-state index >= 15 is 0 Å². The number of aryl methyl sites for hydroxylation is 3. The van der Waals surface area contributed by atoms with Crippen LogP contribution in [-0.2, 0) is 0 Å². The molecule has 4 aliphatic carbocycles. The van der Waals surface area contributed by atoms with Gasteiger partial charge in [-0.1, -0.05) is 72.8 Å². The van der Waals surface area contributed by atoms with Crippen LogP contribution in [0.1, 0.15) is 156 Å². The van der Waals surface area contributed by atoms with Gasteiger partial charge in [0.2, 0.25) is 11.6 Å². The van der Waals surface area contributed by atoms with Gasteiger partial charge >= 0.3 is 37.1 Å². The van der Waals surface area contributed by atoms with Crippen LogP contribution in [0.5, 0.6) is 23.0 Å². The van der Waals surface area contributed by atoms with E-state index in [1.807, 2.05) is 71.8 Å². The molecule has 0 bridgehead atoms. The van der Waals surface area contributed by atoms with Crippen molar-refractivity contribution in [2.75, 3.05) is 52.4 Å². The molecule has 8 fully saturated rings. The Balaban J connectivity index is 0.000000116. The summed E-state index contributed by atoms with van der Waals surface area (Å²) in [5, 5.41) is 8.63. The summed E-state index contributed by atoms with van der Waals surface area (Å²) in [7, 11) is 0. The summed E-state index contributed by atoms with van der Waals surface area (Å²) in [5.74, 6) is 1.90. The van der Waals surface area contributed by atoms with Gasteiger partial charge in [0.05, 0.1) is 11.3 Å². The molecule has 0 N–H and O–H groups in total. The summed E-state index contributed by atoms with van der Waals surface area (Å²) in [6, 6.07) is 33.0. The molecule has 36 heteroatoms. The van der Waals surface area contributed by atoms with Crippen LogP contribution in [0.2, 0.25) is 0 Å². The van der Waals surface area contributed by atoms with Gasteiger partial charge in [0.25, 0.3) is 23.5 Å². The lowest BCUT2D eigenvalue weighted by Crippen LogP contribution is -2.30. The number of rotatable bonds is 12. The highest BCUT2D eigenvalue weighted by atomic mass is 19.4. The number of aromatic nitrogens is 12. The van der Waals surface area contributed by atoms with E-state index < -0.39 is 25.4 Å². The number of amides is 4. The maximum absolute atomic E-state index is 13.0. The van der Waals surface area contributed by atoms with Crippen molar-refractivity contribution >= 4 is 40.8 Å². The number of fused-ring (bicyclic) bond motifs is 8. The second kappa shape index (κ2) is 33.1. The van der Waals surface area contributed by atoms with Crippen molar-refractivity contribution in [2.45, 2.75) is 121 Å². The topological polar surface area (TPSA) is 230 Å². The number of halogens is 12. The van der Waals surface area contributed by atoms with Crippen LogP contribution in [-0.4, -0.2) is 174 Å².